The fourth-order valence-electron chi connectivity index (χ4n) is 3.86. The monoisotopic (exact) mass is 351 g/mol. The van der Waals surface area contributed by atoms with Gasteiger partial charge in [0, 0.05) is 30.1 Å². The van der Waals surface area contributed by atoms with Crippen LogP contribution in [0.4, 0.5) is 0 Å². The van der Waals surface area contributed by atoms with E-state index >= 15 is 0 Å². The van der Waals surface area contributed by atoms with Crippen molar-refractivity contribution in [2.45, 2.75) is 39.3 Å². The van der Waals surface area contributed by atoms with Crippen molar-refractivity contribution in [3.63, 3.8) is 0 Å². The molecule has 0 bridgehead atoms. The lowest BCUT2D eigenvalue weighted by atomic mass is 9.94. The Balaban J connectivity index is 1.65. The van der Waals surface area contributed by atoms with Gasteiger partial charge in [0.25, 0.3) is 0 Å². The maximum atomic E-state index is 12.8. The highest BCUT2D eigenvalue weighted by atomic mass is 16.2. The molecule has 6 nitrogen and oxygen atoms in total. The number of rotatable bonds is 5. The van der Waals surface area contributed by atoms with Crippen molar-refractivity contribution in [2.24, 2.45) is 5.92 Å². The first-order chi connectivity index (χ1) is 12.8. The molecule has 4 rings (SSSR count). The van der Waals surface area contributed by atoms with Crippen LogP contribution in [0.25, 0.3) is 10.9 Å². The third kappa shape index (κ3) is 3.29. The third-order valence-electron chi connectivity index (χ3n) is 5.28. The number of nitrogens with one attached hydrogen (secondary N) is 1. The quantitative estimate of drug-likeness (QED) is 0.765. The van der Waals surface area contributed by atoms with E-state index in [1.807, 2.05) is 41.8 Å². The van der Waals surface area contributed by atoms with Crippen LogP contribution in [0.5, 0.6) is 0 Å². The number of benzene rings is 1. The lowest BCUT2D eigenvalue weighted by molar-refractivity contribution is 0.362. The molecule has 26 heavy (non-hydrogen) atoms. The molecule has 0 atom stereocenters. The van der Waals surface area contributed by atoms with Gasteiger partial charge < -0.3 is 5.32 Å². The number of aromatic nitrogens is 4. The minimum atomic E-state index is -0.0237. The summed E-state index contributed by atoms with van der Waals surface area (Å²) in [5, 5.41) is 9.18. The maximum Gasteiger partial charge on any atom is 0.346 e. The van der Waals surface area contributed by atoms with Crippen molar-refractivity contribution >= 4 is 10.9 Å². The molecule has 0 aliphatic carbocycles. The molecule has 0 amide bonds. The molecule has 0 radical (unpaired) electrons. The summed E-state index contributed by atoms with van der Waals surface area (Å²) in [5.41, 5.74) is 1.94. The topological polar surface area (TPSA) is 64.7 Å². The SMILES string of the molecule is CCn1c(CC2CCNCC2)nn(Cc2cccc3cccnc23)c1=O. The van der Waals surface area contributed by atoms with E-state index in [1.165, 1.54) is 0 Å². The molecule has 1 saturated heterocycles. The van der Waals surface area contributed by atoms with Gasteiger partial charge in [0.1, 0.15) is 5.82 Å². The lowest BCUT2D eigenvalue weighted by Crippen LogP contribution is -2.30. The average Bonchev–Trinajstić information content (AvgIpc) is 2.97. The maximum absolute atomic E-state index is 12.8. The molecule has 1 fully saturated rings. The molecule has 1 aliphatic heterocycles. The average molecular weight is 351 g/mol. The van der Waals surface area contributed by atoms with Crippen LogP contribution in [0, 0.1) is 5.92 Å². The Morgan fingerprint density at radius 1 is 1.19 bits per heavy atom. The summed E-state index contributed by atoms with van der Waals surface area (Å²) < 4.78 is 3.42. The van der Waals surface area contributed by atoms with Crippen LogP contribution in [-0.4, -0.2) is 32.4 Å². The van der Waals surface area contributed by atoms with Gasteiger partial charge in [-0.15, -0.1) is 0 Å². The van der Waals surface area contributed by atoms with E-state index in [0.29, 0.717) is 19.0 Å². The van der Waals surface area contributed by atoms with Crippen molar-refractivity contribution in [1.82, 2.24) is 24.6 Å². The van der Waals surface area contributed by atoms with Gasteiger partial charge in [-0.25, -0.2) is 9.48 Å². The van der Waals surface area contributed by atoms with E-state index in [2.05, 4.69) is 10.3 Å². The number of fused-ring (bicyclic) bond motifs is 1. The Bertz CT molecular complexity index is 947. The number of hydrogen-bond donors (Lipinski definition) is 1. The minimum Gasteiger partial charge on any atom is -0.317 e. The molecule has 0 unspecified atom stereocenters. The van der Waals surface area contributed by atoms with E-state index in [0.717, 1.165) is 54.6 Å². The fraction of sp³-hybridized carbons (Fsp3) is 0.450. The molecule has 1 N–H and O–H groups in total. The summed E-state index contributed by atoms with van der Waals surface area (Å²) in [6, 6.07) is 10.1. The molecule has 0 spiro atoms. The molecule has 3 aromatic rings. The number of pyridine rings is 1. The Morgan fingerprint density at radius 3 is 2.81 bits per heavy atom. The second-order valence-electron chi connectivity index (χ2n) is 6.99. The van der Waals surface area contributed by atoms with Crippen molar-refractivity contribution in [3.05, 3.63) is 58.4 Å². The molecule has 1 aromatic carbocycles. The van der Waals surface area contributed by atoms with E-state index in [4.69, 9.17) is 5.10 Å². The molecule has 3 heterocycles. The van der Waals surface area contributed by atoms with Crippen LogP contribution in [0.3, 0.4) is 0 Å². The van der Waals surface area contributed by atoms with Gasteiger partial charge in [-0.05, 0) is 44.8 Å². The van der Waals surface area contributed by atoms with E-state index in [-0.39, 0.29) is 5.69 Å². The first-order valence-corrected chi connectivity index (χ1v) is 9.46. The van der Waals surface area contributed by atoms with Gasteiger partial charge in [-0.3, -0.25) is 9.55 Å². The molecular weight excluding hydrogens is 326 g/mol. The summed E-state index contributed by atoms with van der Waals surface area (Å²) in [7, 11) is 0. The van der Waals surface area contributed by atoms with E-state index in [9.17, 15) is 4.79 Å². The Labute approximate surface area is 152 Å². The zero-order valence-electron chi connectivity index (χ0n) is 15.2. The first kappa shape index (κ1) is 17.0. The number of nitrogens with zero attached hydrogens (tertiary/aromatic N) is 4. The van der Waals surface area contributed by atoms with E-state index < -0.39 is 0 Å². The predicted octanol–water partition coefficient (Wildman–Crippen LogP) is 2.20. The number of para-hydroxylation sites is 1. The standard InChI is InChI=1S/C20H25N5O/c1-2-24-18(13-15-8-11-21-12-9-15)23-25(20(24)26)14-17-6-3-5-16-7-4-10-22-19(16)17/h3-7,10,15,21H,2,8-9,11-14H2,1H3. The highest BCUT2D eigenvalue weighted by molar-refractivity contribution is 5.81. The van der Waals surface area contributed by atoms with Gasteiger partial charge in [0.05, 0.1) is 12.1 Å². The molecular formula is C20H25N5O. The fourth-order valence-corrected chi connectivity index (χ4v) is 3.86. The van der Waals surface area contributed by atoms with Crippen LogP contribution in [-0.2, 0) is 19.5 Å². The minimum absolute atomic E-state index is 0.0237. The van der Waals surface area contributed by atoms with Crippen LogP contribution in [0.2, 0.25) is 0 Å². The molecule has 136 valence electrons. The van der Waals surface area contributed by atoms with Crippen LogP contribution >= 0.6 is 0 Å². The number of hydrogen-bond acceptors (Lipinski definition) is 4. The summed E-state index contributed by atoms with van der Waals surface area (Å²) in [6.45, 7) is 5.25. The van der Waals surface area contributed by atoms with Crippen molar-refractivity contribution in [2.75, 3.05) is 13.1 Å². The van der Waals surface area contributed by atoms with Crippen LogP contribution in [0.15, 0.2) is 41.3 Å². The largest absolute Gasteiger partial charge is 0.346 e. The highest BCUT2D eigenvalue weighted by Crippen LogP contribution is 2.18. The molecule has 2 aromatic heterocycles. The summed E-state index contributed by atoms with van der Waals surface area (Å²) in [5.74, 6) is 1.52. The summed E-state index contributed by atoms with van der Waals surface area (Å²) in [6.07, 6.45) is 4.98. The highest BCUT2D eigenvalue weighted by Gasteiger charge is 2.19. The molecule has 6 heteroatoms. The Hall–Kier alpha value is -2.47. The Kier molecular flexibility index (Phi) is 4.84. The molecule has 0 saturated carbocycles. The zero-order valence-corrected chi connectivity index (χ0v) is 15.2. The second-order valence-corrected chi connectivity index (χ2v) is 6.99. The van der Waals surface area contributed by atoms with Crippen molar-refractivity contribution in [1.29, 1.82) is 0 Å². The normalized spacial score (nSPS) is 15.6. The smallest absolute Gasteiger partial charge is 0.317 e. The number of piperidine rings is 1. The van der Waals surface area contributed by atoms with Gasteiger partial charge in [-0.2, -0.15) is 5.10 Å². The lowest BCUT2D eigenvalue weighted by Gasteiger charge is -2.21. The van der Waals surface area contributed by atoms with Crippen molar-refractivity contribution in [3.8, 4) is 0 Å². The zero-order chi connectivity index (χ0) is 17.9. The van der Waals surface area contributed by atoms with Crippen molar-refractivity contribution < 1.29 is 0 Å². The third-order valence-corrected chi connectivity index (χ3v) is 5.28. The van der Waals surface area contributed by atoms with Gasteiger partial charge >= 0.3 is 5.69 Å². The summed E-state index contributed by atoms with van der Waals surface area (Å²) >= 11 is 0. The predicted molar refractivity (Wildman–Crippen MR) is 102 cm³/mol. The van der Waals surface area contributed by atoms with Gasteiger partial charge in [0.15, 0.2) is 0 Å². The van der Waals surface area contributed by atoms with E-state index in [1.54, 1.807) is 10.9 Å². The van der Waals surface area contributed by atoms with Crippen LogP contribution < -0.4 is 11.0 Å². The Morgan fingerprint density at radius 2 is 2.00 bits per heavy atom. The van der Waals surface area contributed by atoms with Crippen LogP contribution in [0.1, 0.15) is 31.2 Å². The van der Waals surface area contributed by atoms with Gasteiger partial charge in [0.2, 0.25) is 0 Å². The first-order valence-electron chi connectivity index (χ1n) is 9.46. The van der Waals surface area contributed by atoms with Gasteiger partial charge in [-0.1, -0.05) is 24.3 Å². The molecule has 1 aliphatic rings. The summed E-state index contributed by atoms with van der Waals surface area (Å²) in [4.78, 5) is 17.3. The second kappa shape index (κ2) is 7.41.